The van der Waals surface area contributed by atoms with E-state index in [4.69, 9.17) is 15.3 Å². The van der Waals surface area contributed by atoms with Gasteiger partial charge in [0, 0.05) is 0 Å². The molecule has 0 spiro atoms. The molecule has 0 aromatic carbocycles. The smallest absolute Gasteiger partial charge is 0.329 e. The normalized spacial score (nSPS) is 16.1. The summed E-state index contributed by atoms with van der Waals surface area (Å²) in [6, 6.07) is 0. The number of carbonyl (C=O) groups excluding carboxylic acids is 2. The summed E-state index contributed by atoms with van der Waals surface area (Å²) in [5.41, 5.74) is 0. The minimum Gasteiger partial charge on any atom is -0.480 e. The van der Waals surface area contributed by atoms with Gasteiger partial charge in [0.05, 0.1) is 6.61 Å². The molecular weight excluding hydrogens is 224 g/mol. The summed E-state index contributed by atoms with van der Waals surface area (Å²) >= 11 is 0. The molecule has 8 nitrogen and oxygen atoms in total. The molecule has 0 unspecified atom stereocenters. The number of hydrogen-bond acceptors (Lipinski definition) is 7. The number of carboxylic acids is 1. The molecule has 8 heteroatoms. The van der Waals surface area contributed by atoms with Crippen molar-refractivity contribution in [2.45, 2.75) is 18.5 Å². The molecule has 0 fully saturated rings. The highest BCUT2D eigenvalue weighted by molar-refractivity contribution is 5.68. The van der Waals surface area contributed by atoms with Gasteiger partial charge in [0.25, 0.3) is 0 Å². The Hall–Kier alpha value is -1.35. The van der Waals surface area contributed by atoms with Gasteiger partial charge in [-0.2, -0.15) is 0 Å². The summed E-state index contributed by atoms with van der Waals surface area (Å²) in [7, 11) is 0. The number of aldehydes is 2. The third-order valence-corrected chi connectivity index (χ3v) is 1.46. The highest BCUT2D eigenvalue weighted by atomic mass is 16.6. The Labute approximate surface area is 90.4 Å². The molecule has 3 N–H and O–H groups in total. The number of aliphatic hydroxyl groups excluding tert-OH is 2. The Bertz CT molecular complexity index is 240. The average Bonchev–Trinajstić information content (AvgIpc) is 2.25. The topological polar surface area (TPSA) is 130 Å². The molecule has 16 heavy (non-hydrogen) atoms. The van der Waals surface area contributed by atoms with Crippen molar-refractivity contribution >= 4 is 18.5 Å². The zero-order chi connectivity index (χ0) is 12.6. The highest BCUT2D eigenvalue weighted by Gasteiger charge is 2.23. The molecule has 0 aromatic rings. The lowest BCUT2D eigenvalue weighted by molar-refractivity contribution is -0.181. The number of carbonyl (C=O) groups is 3. The van der Waals surface area contributed by atoms with E-state index in [0.29, 0.717) is 0 Å². The minimum atomic E-state index is -1.81. The SMILES string of the molecule is O=C[C@H](O)O[C@H](COCC(=O)O)[C@@H](O)C=O. The van der Waals surface area contributed by atoms with E-state index < -0.39 is 37.7 Å². The van der Waals surface area contributed by atoms with Crippen molar-refractivity contribution in [2.75, 3.05) is 13.2 Å². The average molecular weight is 236 g/mol. The molecule has 0 rings (SSSR count). The fourth-order valence-electron chi connectivity index (χ4n) is 0.780. The monoisotopic (exact) mass is 236 g/mol. The maximum absolute atomic E-state index is 10.2. The predicted octanol–water partition coefficient (Wildman–Crippen LogP) is -2.45. The molecule has 92 valence electrons. The van der Waals surface area contributed by atoms with Crippen LogP contribution in [0.3, 0.4) is 0 Å². The summed E-state index contributed by atoms with van der Waals surface area (Å²) in [5, 5.41) is 26.1. The zero-order valence-electron chi connectivity index (χ0n) is 8.18. The molecule has 0 aliphatic carbocycles. The Morgan fingerprint density at radius 1 is 1.25 bits per heavy atom. The Morgan fingerprint density at radius 2 is 1.88 bits per heavy atom. The van der Waals surface area contributed by atoms with Crippen LogP contribution in [0.1, 0.15) is 0 Å². The lowest BCUT2D eigenvalue weighted by atomic mass is 10.2. The number of aliphatic hydroxyl groups is 2. The number of ether oxygens (including phenoxy) is 2. The second-order valence-electron chi connectivity index (χ2n) is 2.74. The van der Waals surface area contributed by atoms with Crippen molar-refractivity contribution in [3.8, 4) is 0 Å². The van der Waals surface area contributed by atoms with Crippen molar-refractivity contribution in [2.24, 2.45) is 0 Å². The van der Waals surface area contributed by atoms with E-state index in [9.17, 15) is 14.4 Å². The van der Waals surface area contributed by atoms with Crippen LogP contribution in [0.25, 0.3) is 0 Å². The fourth-order valence-corrected chi connectivity index (χ4v) is 0.780. The van der Waals surface area contributed by atoms with Crippen LogP contribution < -0.4 is 0 Å². The maximum Gasteiger partial charge on any atom is 0.329 e. The van der Waals surface area contributed by atoms with Crippen molar-refractivity contribution in [3.63, 3.8) is 0 Å². The molecule has 3 atom stereocenters. The quantitative estimate of drug-likeness (QED) is 0.297. The molecule has 0 amide bonds. The number of aliphatic carboxylic acids is 1. The van der Waals surface area contributed by atoms with E-state index in [0.717, 1.165) is 0 Å². The standard InChI is InChI=1S/C8H12O8/c9-1-5(11)6(16-8(14)2-10)3-15-4-7(12)13/h1-2,5-6,8,11,14H,3-4H2,(H,12,13)/t5-,6+,8+/m0/s1. The first-order valence-electron chi connectivity index (χ1n) is 4.23. The van der Waals surface area contributed by atoms with Gasteiger partial charge in [0.2, 0.25) is 6.29 Å². The molecule has 0 bridgehead atoms. The first kappa shape index (κ1) is 14.6. The number of carboxylic acid groups (broad SMARTS) is 1. The van der Waals surface area contributed by atoms with E-state index in [1.54, 1.807) is 0 Å². The minimum absolute atomic E-state index is 0.0434. The van der Waals surface area contributed by atoms with E-state index in [-0.39, 0.29) is 12.6 Å². The molecule has 0 aliphatic rings. The molecule has 0 radical (unpaired) electrons. The lowest BCUT2D eigenvalue weighted by Crippen LogP contribution is -2.38. The largest absolute Gasteiger partial charge is 0.480 e. The van der Waals surface area contributed by atoms with Crippen molar-refractivity contribution in [1.82, 2.24) is 0 Å². The second kappa shape index (κ2) is 7.88. The van der Waals surface area contributed by atoms with Gasteiger partial charge < -0.3 is 29.6 Å². The predicted molar refractivity (Wildman–Crippen MR) is 47.5 cm³/mol. The van der Waals surface area contributed by atoms with E-state index in [2.05, 4.69) is 9.47 Å². The third-order valence-electron chi connectivity index (χ3n) is 1.46. The van der Waals surface area contributed by atoms with Crippen LogP contribution in [0.15, 0.2) is 0 Å². The van der Waals surface area contributed by atoms with Crippen LogP contribution in [-0.2, 0) is 23.9 Å². The van der Waals surface area contributed by atoms with Gasteiger partial charge in [0.1, 0.15) is 18.8 Å². The number of hydrogen-bond donors (Lipinski definition) is 3. The van der Waals surface area contributed by atoms with Crippen LogP contribution in [-0.4, -0.2) is 65.6 Å². The molecule has 0 saturated carbocycles. The van der Waals surface area contributed by atoms with Gasteiger partial charge in [-0.1, -0.05) is 0 Å². The van der Waals surface area contributed by atoms with E-state index in [1.807, 2.05) is 0 Å². The molecule has 0 heterocycles. The maximum atomic E-state index is 10.2. The van der Waals surface area contributed by atoms with E-state index >= 15 is 0 Å². The van der Waals surface area contributed by atoms with Crippen LogP contribution in [0.2, 0.25) is 0 Å². The molecule has 0 saturated heterocycles. The Kier molecular flexibility index (Phi) is 7.21. The first-order chi connectivity index (χ1) is 7.51. The number of rotatable bonds is 9. The van der Waals surface area contributed by atoms with Crippen LogP contribution in [0, 0.1) is 0 Å². The Morgan fingerprint density at radius 3 is 2.31 bits per heavy atom. The fraction of sp³-hybridized carbons (Fsp3) is 0.625. The Balaban J connectivity index is 4.14. The summed E-state index contributed by atoms with van der Waals surface area (Å²) in [4.78, 5) is 30.4. The molecular formula is C8H12O8. The second-order valence-corrected chi connectivity index (χ2v) is 2.74. The van der Waals surface area contributed by atoms with Crippen molar-refractivity contribution in [1.29, 1.82) is 0 Å². The van der Waals surface area contributed by atoms with Crippen molar-refractivity contribution in [3.05, 3.63) is 0 Å². The van der Waals surface area contributed by atoms with Crippen LogP contribution in [0.5, 0.6) is 0 Å². The van der Waals surface area contributed by atoms with Gasteiger partial charge in [-0.05, 0) is 0 Å². The molecule has 0 aromatic heterocycles. The van der Waals surface area contributed by atoms with Crippen LogP contribution >= 0.6 is 0 Å². The summed E-state index contributed by atoms with van der Waals surface area (Å²) < 4.78 is 9.08. The molecule has 0 aliphatic heterocycles. The summed E-state index contributed by atoms with van der Waals surface area (Å²) in [6.45, 7) is -1.10. The van der Waals surface area contributed by atoms with Crippen LogP contribution in [0.4, 0.5) is 0 Å². The van der Waals surface area contributed by atoms with Gasteiger partial charge in [0.15, 0.2) is 12.6 Å². The summed E-state index contributed by atoms with van der Waals surface area (Å²) in [6.07, 6.45) is -4.58. The van der Waals surface area contributed by atoms with Gasteiger partial charge in [-0.25, -0.2) is 4.79 Å². The van der Waals surface area contributed by atoms with Gasteiger partial charge in [-0.3, -0.25) is 4.79 Å². The van der Waals surface area contributed by atoms with Crippen molar-refractivity contribution < 1.29 is 39.2 Å². The summed E-state index contributed by atoms with van der Waals surface area (Å²) in [5.74, 6) is -1.24. The van der Waals surface area contributed by atoms with Gasteiger partial charge in [-0.15, -0.1) is 0 Å². The lowest BCUT2D eigenvalue weighted by Gasteiger charge is -2.20. The third kappa shape index (κ3) is 6.19. The van der Waals surface area contributed by atoms with E-state index in [1.165, 1.54) is 0 Å². The van der Waals surface area contributed by atoms with Gasteiger partial charge >= 0.3 is 5.97 Å². The zero-order valence-corrected chi connectivity index (χ0v) is 8.18. The highest BCUT2D eigenvalue weighted by Crippen LogP contribution is 2.01. The first-order valence-corrected chi connectivity index (χ1v) is 4.23.